The van der Waals surface area contributed by atoms with Crippen LogP contribution in [0.3, 0.4) is 0 Å². The Labute approximate surface area is 131 Å². The van der Waals surface area contributed by atoms with Gasteiger partial charge in [0.05, 0.1) is 5.92 Å². The summed E-state index contributed by atoms with van der Waals surface area (Å²) in [6, 6.07) is 6.80. The number of rotatable bonds is 3. The molecule has 5 nitrogen and oxygen atoms in total. The molecule has 0 heterocycles. The predicted octanol–water partition coefficient (Wildman–Crippen LogP) is 3.06. The molecule has 2 rings (SSSR count). The summed E-state index contributed by atoms with van der Waals surface area (Å²) in [6.45, 7) is 0. The topological polar surface area (TPSA) is 78.4 Å². The van der Waals surface area contributed by atoms with Gasteiger partial charge in [-0.2, -0.15) is 0 Å². The van der Waals surface area contributed by atoms with Gasteiger partial charge in [-0.15, -0.1) is 0 Å². The summed E-state index contributed by atoms with van der Waals surface area (Å²) in [5, 5.41) is 14.7. The fourth-order valence-corrected chi connectivity index (χ4v) is 2.83. The van der Waals surface area contributed by atoms with E-state index < -0.39 is 11.9 Å². The van der Waals surface area contributed by atoms with Gasteiger partial charge >= 0.3 is 12.0 Å². The maximum absolute atomic E-state index is 11.9. The number of benzene rings is 1. The van der Waals surface area contributed by atoms with Crippen molar-refractivity contribution in [2.45, 2.75) is 31.7 Å². The number of amides is 2. The molecule has 0 radical (unpaired) electrons. The fourth-order valence-electron chi connectivity index (χ4n) is 2.47. The van der Waals surface area contributed by atoms with Gasteiger partial charge in [-0.3, -0.25) is 4.79 Å². The number of halogens is 1. The second-order valence-electron chi connectivity index (χ2n) is 4.94. The molecule has 2 unspecified atom stereocenters. The minimum atomic E-state index is -0.829. The first-order chi connectivity index (χ1) is 9.56. The quantitative estimate of drug-likeness (QED) is 0.697. The lowest BCUT2D eigenvalue weighted by Gasteiger charge is -2.29. The monoisotopic (exact) mass is 388 g/mol. The molecular weight excluding hydrogens is 371 g/mol. The van der Waals surface area contributed by atoms with Gasteiger partial charge in [-0.1, -0.05) is 12.8 Å². The van der Waals surface area contributed by atoms with Gasteiger partial charge < -0.3 is 15.7 Å². The molecule has 1 aromatic carbocycles. The highest BCUT2D eigenvalue weighted by atomic mass is 127. The van der Waals surface area contributed by atoms with Crippen molar-refractivity contribution in [3.63, 3.8) is 0 Å². The highest BCUT2D eigenvalue weighted by Crippen LogP contribution is 2.24. The summed E-state index contributed by atoms with van der Waals surface area (Å²) < 4.78 is 1.09. The third kappa shape index (κ3) is 4.09. The summed E-state index contributed by atoms with van der Waals surface area (Å²) in [6.07, 6.45) is 3.22. The average molecular weight is 388 g/mol. The number of hydrogen-bond acceptors (Lipinski definition) is 2. The first-order valence-corrected chi connectivity index (χ1v) is 7.70. The van der Waals surface area contributed by atoms with Crippen LogP contribution in [0.15, 0.2) is 24.3 Å². The first-order valence-electron chi connectivity index (χ1n) is 6.62. The second kappa shape index (κ2) is 6.92. The van der Waals surface area contributed by atoms with Crippen LogP contribution in [0, 0.1) is 9.49 Å². The van der Waals surface area contributed by atoms with Crippen LogP contribution in [0.5, 0.6) is 0 Å². The van der Waals surface area contributed by atoms with E-state index in [0.29, 0.717) is 12.1 Å². The van der Waals surface area contributed by atoms with Crippen molar-refractivity contribution in [2.24, 2.45) is 5.92 Å². The number of anilines is 1. The van der Waals surface area contributed by atoms with E-state index >= 15 is 0 Å². The molecule has 0 spiro atoms. The van der Waals surface area contributed by atoms with Crippen molar-refractivity contribution in [1.29, 1.82) is 0 Å². The summed E-state index contributed by atoms with van der Waals surface area (Å²) in [4.78, 5) is 23.1. The Morgan fingerprint density at radius 1 is 1.15 bits per heavy atom. The number of urea groups is 1. The lowest BCUT2D eigenvalue weighted by atomic mass is 9.84. The molecule has 108 valence electrons. The number of carboxylic acids is 1. The van der Waals surface area contributed by atoms with E-state index in [1.54, 1.807) is 0 Å². The third-order valence-corrected chi connectivity index (χ3v) is 4.22. The number of carbonyl (C=O) groups is 2. The number of aliphatic carboxylic acids is 1. The molecule has 3 N–H and O–H groups in total. The molecule has 20 heavy (non-hydrogen) atoms. The zero-order valence-electron chi connectivity index (χ0n) is 10.9. The van der Waals surface area contributed by atoms with Crippen LogP contribution in [0.25, 0.3) is 0 Å². The van der Waals surface area contributed by atoms with E-state index in [4.69, 9.17) is 5.11 Å². The first kappa shape index (κ1) is 15.1. The molecule has 1 aliphatic carbocycles. The van der Waals surface area contributed by atoms with Gasteiger partial charge in [-0.05, 0) is 59.7 Å². The van der Waals surface area contributed by atoms with E-state index in [1.807, 2.05) is 24.3 Å². The molecule has 6 heteroatoms. The van der Waals surface area contributed by atoms with E-state index in [2.05, 4.69) is 33.2 Å². The van der Waals surface area contributed by atoms with Crippen LogP contribution in [0.2, 0.25) is 0 Å². The summed E-state index contributed by atoms with van der Waals surface area (Å²) >= 11 is 2.19. The maximum atomic E-state index is 11.9. The SMILES string of the molecule is O=C(Nc1ccc(I)cc1)NC1CCCCC1C(=O)O. The molecule has 0 aromatic heterocycles. The van der Waals surface area contributed by atoms with Crippen LogP contribution in [0.1, 0.15) is 25.7 Å². The van der Waals surface area contributed by atoms with Crippen molar-refractivity contribution in [3.8, 4) is 0 Å². The van der Waals surface area contributed by atoms with Crippen molar-refractivity contribution in [3.05, 3.63) is 27.8 Å². The Balaban J connectivity index is 1.92. The van der Waals surface area contributed by atoms with Gasteiger partial charge in [0.25, 0.3) is 0 Å². The zero-order valence-corrected chi connectivity index (χ0v) is 13.1. The van der Waals surface area contributed by atoms with Gasteiger partial charge in [0, 0.05) is 15.3 Å². The molecule has 0 saturated heterocycles. The van der Waals surface area contributed by atoms with E-state index in [9.17, 15) is 9.59 Å². The number of nitrogens with one attached hydrogen (secondary N) is 2. The Morgan fingerprint density at radius 3 is 2.45 bits per heavy atom. The Bertz CT molecular complexity index is 490. The van der Waals surface area contributed by atoms with Gasteiger partial charge in [0.2, 0.25) is 0 Å². The Morgan fingerprint density at radius 2 is 1.80 bits per heavy atom. The maximum Gasteiger partial charge on any atom is 0.319 e. The van der Waals surface area contributed by atoms with Crippen molar-refractivity contribution >= 4 is 40.3 Å². The second-order valence-corrected chi connectivity index (χ2v) is 6.19. The highest BCUT2D eigenvalue weighted by Gasteiger charge is 2.31. The normalized spacial score (nSPS) is 22.1. The molecule has 2 atom stereocenters. The molecule has 0 aliphatic heterocycles. The predicted molar refractivity (Wildman–Crippen MR) is 84.7 cm³/mol. The molecule has 2 amide bonds. The summed E-state index contributed by atoms with van der Waals surface area (Å²) in [5.41, 5.74) is 0.700. The minimum Gasteiger partial charge on any atom is -0.481 e. The highest BCUT2D eigenvalue weighted by molar-refractivity contribution is 14.1. The van der Waals surface area contributed by atoms with E-state index in [0.717, 1.165) is 22.8 Å². The number of carboxylic acid groups (broad SMARTS) is 1. The van der Waals surface area contributed by atoms with Crippen LogP contribution in [-0.4, -0.2) is 23.1 Å². The lowest BCUT2D eigenvalue weighted by molar-refractivity contribution is -0.143. The van der Waals surface area contributed by atoms with Crippen LogP contribution in [0.4, 0.5) is 10.5 Å². The molecule has 1 aromatic rings. The largest absolute Gasteiger partial charge is 0.481 e. The minimum absolute atomic E-state index is 0.287. The fraction of sp³-hybridized carbons (Fsp3) is 0.429. The summed E-state index contributed by atoms with van der Waals surface area (Å²) in [5.74, 6) is -1.31. The Kier molecular flexibility index (Phi) is 5.22. The molecule has 0 bridgehead atoms. The van der Waals surface area contributed by atoms with Crippen LogP contribution < -0.4 is 10.6 Å². The van der Waals surface area contributed by atoms with Crippen LogP contribution >= 0.6 is 22.6 Å². The zero-order chi connectivity index (χ0) is 14.5. The third-order valence-electron chi connectivity index (χ3n) is 3.50. The van der Waals surface area contributed by atoms with E-state index in [-0.39, 0.29) is 12.1 Å². The van der Waals surface area contributed by atoms with E-state index in [1.165, 1.54) is 0 Å². The molecule has 1 fully saturated rings. The van der Waals surface area contributed by atoms with Crippen molar-refractivity contribution < 1.29 is 14.7 Å². The molecular formula is C14H17IN2O3. The summed E-state index contributed by atoms with van der Waals surface area (Å²) in [7, 11) is 0. The Hall–Kier alpha value is -1.31. The van der Waals surface area contributed by atoms with Gasteiger partial charge in [0.15, 0.2) is 0 Å². The lowest BCUT2D eigenvalue weighted by Crippen LogP contribution is -2.46. The van der Waals surface area contributed by atoms with Crippen molar-refractivity contribution in [2.75, 3.05) is 5.32 Å². The van der Waals surface area contributed by atoms with Gasteiger partial charge in [-0.25, -0.2) is 4.79 Å². The standard InChI is InChI=1S/C14H17IN2O3/c15-9-5-7-10(8-6-9)16-14(20)17-12-4-2-1-3-11(12)13(18)19/h5-8,11-12H,1-4H2,(H,18,19)(H2,16,17,20). The molecule has 1 aliphatic rings. The van der Waals surface area contributed by atoms with Crippen LogP contribution in [-0.2, 0) is 4.79 Å². The van der Waals surface area contributed by atoms with Gasteiger partial charge in [0.1, 0.15) is 0 Å². The number of hydrogen-bond donors (Lipinski definition) is 3. The molecule has 1 saturated carbocycles. The smallest absolute Gasteiger partial charge is 0.319 e. The average Bonchev–Trinajstić information content (AvgIpc) is 2.41. The number of carbonyl (C=O) groups excluding carboxylic acids is 1. The van der Waals surface area contributed by atoms with Crippen molar-refractivity contribution in [1.82, 2.24) is 5.32 Å².